The van der Waals surface area contributed by atoms with E-state index in [9.17, 15) is 23.1 Å². The SMILES string of the molecule is CN(c1ncc(C(F)(F)F)cn1)C1CCc2c(CC(=O)O)c3ccccn3c2C1. The van der Waals surface area contributed by atoms with Gasteiger partial charge in [0.15, 0.2) is 0 Å². The van der Waals surface area contributed by atoms with Gasteiger partial charge in [-0.2, -0.15) is 13.2 Å². The highest BCUT2D eigenvalue weighted by Crippen LogP contribution is 2.33. The molecule has 0 fully saturated rings. The standard InChI is InChI=1S/C20H19F3N4O2/c1-26(19-24-10-12(11-25-19)20(21,22)23)13-5-6-14-15(9-18(28)29)16-4-2-3-7-27(16)17(14)8-13/h2-4,7,10-11,13H,5-6,8-9H2,1H3,(H,28,29). The minimum absolute atomic E-state index is 0.00443. The summed E-state index contributed by atoms with van der Waals surface area (Å²) in [7, 11) is 1.77. The van der Waals surface area contributed by atoms with E-state index < -0.39 is 17.7 Å². The Hall–Kier alpha value is -3.10. The minimum atomic E-state index is -4.47. The fraction of sp³-hybridized carbons (Fsp3) is 0.350. The molecule has 1 aliphatic rings. The molecule has 152 valence electrons. The lowest BCUT2D eigenvalue weighted by molar-refractivity contribution is -0.138. The van der Waals surface area contributed by atoms with Crippen molar-refractivity contribution in [1.82, 2.24) is 14.4 Å². The number of carboxylic acid groups (broad SMARTS) is 1. The first-order valence-electron chi connectivity index (χ1n) is 9.19. The fourth-order valence-corrected chi connectivity index (χ4v) is 4.04. The topological polar surface area (TPSA) is 70.7 Å². The Morgan fingerprint density at radius 3 is 2.69 bits per heavy atom. The zero-order chi connectivity index (χ0) is 20.8. The second-order valence-corrected chi connectivity index (χ2v) is 7.21. The third-order valence-corrected chi connectivity index (χ3v) is 5.49. The first-order valence-corrected chi connectivity index (χ1v) is 9.19. The van der Waals surface area contributed by atoms with Gasteiger partial charge in [-0.25, -0.2) is 9.97 Å². The van der Waals surface area contributed by atoms with Crippen molar-refractivity contribution in [2.75, 3.05) is 11.9 Å². The van der Waals surface area contributed by atoms with E-state index in [1.807, 2.05) is 28.8 Å². The summed E-state index contributed by atoms with van der Waals surface area (Å²) in [5, 5.41) is 9.30. The van der Waals surface area contributed by atoms with Crippen molar-refractivity contribution in [3.05, 3.63) is 59.2 Å². The molecule has 1 unspecified atom stereocenters. The molecule has 1 aliphatic carbocycles. The molecule has 6 nitrogen and oxygen atoms in total. The van der Waals surface area contributed by atoms with Gasteiger partial charge in [-0.1, -0.05) is 6.07 Å². The molecule has 3 aromatic heterocycles. The quantitative estimate of drug-likeness (QED) is 0.722. The average molecular weight is 404 g/mol. The Balaban J connectivity index is 1.64. The van der Waals surface area contributed by atoms with Crippen molar-refractivity contribution in [3.63, 3.8) is 0 Å². The van der Waals surface area contributed by atoms with Gasteiger partial charge in [-0.3, -0.25) is 4.79 Å². The Morgan fingerprint density at radius 1 is 1.31 bits per heavy atom. The number of hydrogen-bond donors (Lipinski definition) is 1. The number of pyridine rings is 1. The van der Waals surface area contributed by atoms with Gasteiger partial charge in [-0.05, 0) is 36.1 Å². The molecule has 0 amide bonds. The lowest BCUT2D eigenvalue weighted by atomic mass is 9.89. The Morgan fingerprint density at radius 2 is 2.03 bits per heavy atom. The third kappa shape index (κ3) is 3.52. The van der Waals surface area contributed by atoms with E-state index in [1.54, 1.807) is 11.9 Å². The molecule has 9 heteroatoms. The molecule has 1 N–H and O–H groups in total. The maximum absolute atomic E-state index is 12.7. The van der Waals surface area contributed by atoms with E-state index in [1.165, 1.54) is 0 Å². The predicted octanol–water partition coefficient (Wildman–Crippen LogP) is 3.37. The van der Waals surface area contributed by atoms with Gasteiger partial charge in [0, 0.05) is 49.3 Å². The summed E-state index contributed by atoms with van der Waals surface area (Å²) in [6.45, 7) is 0. The van der Waals surface area contributed by atoms with Crippen LogP contribution in [0.15, 0.2) is 36.8 Å². The van der Waals surface area contributed by atoms with E-state index in [4.69, 9.17) is 0 Å². The molecule has 3 heterocycles. The van der Waals surface area contributed by atoms with Crippen LogP contribution < -0.4 is 4.90 Å². The molecule has 0 saturated heterocycles. The normalized spacial score (nSPS) is 16.6. The van der Waals surface area contributed by atoms with Crippen LogP contribution in [0.4, 0.5) is 19.1 Å². The second-order valence-electron chi connectivity index (χ2n) is 7.21. The van der Waals surface area contributed by atoms with E-state index in [-0.39, 0.29) is 18.4 Å². The molecule has 29 heavy (non-hydrogen) atoms. The van der Waals surface area contributed by atoms with Crippen molar-refractivity contribution in [1.29, 1.82) is 0 Å². The number of alkyl halides is 3. The number of nitrogens with zero attached hydrogens (tertiary/aromatic N) is 4. The number of anilines is 1. The van der Waals surface area contributed by atoms with Crippen molar-refractivity contribution < 1.29 is 23.1 Å². The molecule has 0 aliphatic heterocycles. The Labute approximate surface area is 164 Å². The summed E-state index contributed by atoms with van der Waals surface area (Å²) >= 11 is 0. The van der Waals surface area contributed by atoms with Gasteiger partial charge < -0.3 is 14.4 Å². The summed E-state index contributed by atoms with van der Waals surface area (Å²) in [5.74, 6) is -0.639. The number of hydrogen-bond acceptors (Lipinski definition) is 4. The van der Waals surface area contributed by atoms with Crippen LogP contribution in [0.5, 0.6) is 0 Å². The number of aliphatic carboxylic acids is 1. The van der Waals surface area contributed by atoms with E-state index in [0.29, 0.717) is 12.8 Å². The third-order valence-electron chi connectivity index (χ3n) is 5.49. The van der Waals surface area contributed by atoms with Gasteiger partial charge in [0.1, 0.15) is 0 Å². The van der Waals surface area contributed by atoms with Gasteiger partial charge in [0.2, 0.25) is 5.95 Å². The number of fused-ring (bicyclic) bond motifs is 3. The van der Waals surface area contributed by atoms with E-state index in [0.717, 1.165) is 41.2 Å². The maximum Gasteiger partial charge on any atom is 0.419 e. The Kier molecular flexibility index (Phi) is 4.68. The van der Waals surface area contributed by atoms with Crippen molar-refractivity contribution >= 4 is 17.4 Å². The van der Waals surface area contributed by atoms with Crippen LogP contribution in [0.25, 0.3) is 5.52 Å². The summed E-state index contributed by atoms with van der Waals surface area (Å²) in [6.07, 6.45) is 1.05. The van der Waals surface area contributed by atoms with Crippen molar-refractivity contribution in [2.45, 2.75) is 37.9 Å². The number of rotatable bonds is 4. The van der Waals surface area contributed by atoms with Gasteiger partial charge in [0.25, 0.3) is 0 Å². The number of carboxylic acids is 1. The number of likely N-dealkylation sites (N-methyl/N-ethyl adjacent to an activating group) is 1. The molecule has 1 atom stereocenters. The lowest BCUT2D eigenvalue weighted by Crippen LogP contribution is -2.38. The van der Waals surface area contributed by atoms with E-state index >= 15 is 0 Å². The van der Waals surface area contributed by atoms with Crippen LogP contribution in [0, 0.1) is 0 Å². The van der Waals surface area contributed by atoms with Gasteiger partial charge in [-0.15, -0.1) is 0 Å². The predicted molar refractivity (Wildman–Crippen MR) is 100.0 cm³/mol. The van der Waals surface area contributed by atoms with Gasteiger partial charge in [0.05, 0.1) is 12.0 Å². The summed E-state index contributed by atoms with van der Waals surface area (Å²) in [4.78, 5) is 20.9. The van der Waals surface area contributed by atoms with Crippen LogP contribution in [-0.4, -0.2) is 38.5 Å². The molecular formula is C20H19F3N4O2. The lowest BCUT2D eigenvalue weighted by Gasteiger charge is -2.32. The van der Waals surface area contributed by atoms with Crippen molar-refractivity contribution in [3.8, 4) is 0 Å². The largest absolute Gasteiger partial charge is 0.481 e. The highest BCUT2D eigenvalue weighted by atomic mass is 19.4. The highest BCUT2D eigenvalue weighted by molar-refractivity contribution is 5.77. The van der Waals surface area contributed by atoms with Crippen LogP contribution in [0.1, 0.15) is 28.8 Å². The van der Waals surface area contributed by atoms with E-state index in [2.05, 4.69) is 9.97 Å². The first kappa shape index (κ1) is 19.2. The molecule has 0 bridgehead atoms. The minimum Gasteiger partial charge on any atom is -0.481 e. The van der Waals surface area contributed by atoms with Crippen LogP contribution in [0.3, 0.4) is 0 Å². The number of halogens is 3. The zero-order valence-corrected chi connectivity index (χ0v) is 15.6. The van der Waals surface area contributed by atoms with Crippen LogP contribution >= 0.6 is 0 Å². The molecule has 0 saturated carbocycles. The molecule has 4 rings (SSSR count). The number of aromatic nitrogens is 3. The summed E-state index contributed by atoms with van der Waals surface area (Å²) < 4.78 is 40.2. The first-order chi connectivity index (χ1) is 13.8. The molecule has 0 aromatic carbocycles. The smallest absolute Gasteiger partial charge is 0.419 e. The van der Waals surface area contributed by atoms with Crippen molar-refractivity contribution in [2.24, 2.45) is 0 Å². The second kappa shape index (κ2) is 7.06. The fourth-order valence-electron chi connectivity index (χ4n) is 4.04. The summed E-state index contributed by atoms with van der Waals surface area (Å²) in [5.41, 5.74) is 2.92. The Bertz CT molecular complexity index is 1060. The molecular weight excluding hydrogens is 385 g/mol. The van der Waals surface area contributed by atoms with Crippen LogP contribution in [0.2, 0.25) is 0 Å². The highest BCUT2D eigenvalue weighted by Gasteiger charge is 2.33. The molecule has 0 spiro atoms. The molecule has 0 radical (unpaired) electrons. The van der Waals surface area contributed by atoms with Crippen LogP contribution in [-0.2, 0) is 30.2 Å². The number of carbonyl (C=O) groups is 1. The average Bonchev–Trinajstić information content (AvgIpc) is 3.00. The molecule has 3 aromatic rings. The van der Waals surface area contributed by atoms with Gasteiger partial charge >= 0.3 is 12.1 Å². The monoisotopic (exact) mass is 404 g/mol. The summed E-state index contributed by atoms with van der Waals surface area (Å²) in [6, 6.07) is 5.68. The maximum atomic E-state index is 12.7. The zero-order valence-electron chi connectivity index (χ0n) is 15.6.